The fourth-order valence-electron chi connectivity index (χ4n) is 3.87. The number of piperidine rings is 1. The van der Waals surface area contributed by atoms with Crippen LogP contribution in [0.25, 0.3) is 0 Å². The van der Waals surface area contributed by atoms with Crippen molar-refractivity contribution in [2.45, 2.75) is 38.1 Å². The van der Waals surface area contributed by atoms with Gasteiger partial charge in [-0.05, 0) is 64.0 Å². The van der Waals surface area contributed by atoms with Crippen LogP contribution < -0.4 is 10.6 Å². The molecule has 140 valence electrons. The van der Waals surface area contributed by atoms with Crippen LogP contribution in [0.1, 0.15) is 43.9 Å². The third-order valence-corrected chi connectivity index (χ3v) is 5.31. The molecule has 25 heavy (non-hydrogen) atoms. The largest absolute Gasteiger partial charge is 0.468 e. The fourth-order valence-corrected chi connectivity index (χ4v) is 3.87. The third-order valence-electron chi connectivity index (χ3n) is 5.31. The number of rotatable bonds is 7. The van der Waals surface area contributed by atoms with Crippen LogP contribution in [0.3, 0.4) is 0 Å². The van der Waals surface area contributed by atoms with Crippen LogP contribution in [-0.4, -0.2) is 68.6 Å². The minimum absolute atomic E-state index is 0.276. The van der Waals surface area contributed by atoms with Crippen molar-refractivity contribution in [3.8, 4) is 0 Å². The zero-order valence-corrected chi connectivity index (χ0v) is 15.5. The molecule has 0 amide bonds. The summed E-state index contributed by atoms with van der Waals surface area (Å²) in [5.41, 5.74) is 0. The molecule has 2 saturated heterocycles. The summed E-state index contributed by atoms with van der Waals surface area (Å²) in [7, 11) is 1.84. The normalized spacial score (nSPS) is 21.4. The second-order valence-electron chi connectivity index (χ2n) is 7.06. The molecule has 0 bridgehead atoms. The quantitative estimate of drug-likeness (QED) is 0.584. The van der Waals surface area contributed by atoms with Crippen molar-refractivity contribution >= 4 is 5.96 Å². The molecule has 2 N–H and O–H groups in total. The first-order valence-electron chi connectivity index (χ1n) is 9.81. The Balaban J connectivity index is 1.45. The van der Waals surface area contributed by atoms with Crippen molar-refractivity contribution in [1.82, 2.24) is 20.4 Å². The molecule has 1 aromatic heterocycles. The maximum absolute atomic E-state index is 5.69. The van der Waals surface area contributed by atoms with Gasteiger partial charge in [-0.15, -0.1) is 0 Å². The summed E-state index contributed by atoms with van der Waals surface area (Å²) in [5.74, 6) is 1.92. The van der Waals surface area contributed by atoms with Gasteiger partial charge < -0.3 is 20.0 Å². The van der Waals surface area contributed by atoms with Crippen LogP contribution in [0.15, 0.2) is 27.8 Å². The molecule has 3 heterocycles. The van der Waals surface area contributed by atoms with Gasteiger partial charge in [0.2, 0.25) is 0 Å². The van der Waals surface area contributed by atoms with E-state index in [9.17, 15) is 0 Å². The van der Waals surface area contributed by atoms with Crippen molar-refractivity contribution in [2.24, 2.45) is 4.99 Å². The number of guanidine groups is 1. The van der Waals surface area contributed by atoms with Gasteiger partial charge in [-0.2, -0.15) is 0 Å². The number of furan rings is 1. The molecule has 2 fully saturated rings. The lowest BCUT2D eigenvalue weighted by atomic mass is 10.1. The van der Waals surface area contributed by atoms with Crippen molar-refractivity contribution in [1.29, 1.82) is 0 Å². The van der Waals surface area contributed by atoms with Gasteiger partial charge >= 0.3 is 0 Å². The van der Waals surface area contributed by atoms with Gasteiger partial charge in [0, 0.05) is 26.7 Å². The Kier molecular flexibility index (Phi) is 7.18. The number of likely N-dealkylation sites (tertiary alicyclic amines) is 2. The maximum atomic E-state index is 5.69. The predicted molar refractivity (Wildman–Crippen MR) is 102 cm³/mol. The summed E-state index contributed by atoms with van der Waals surface area (Å²) in [5, 5.41) is 6.95. The van der Waals surface area contributed by atoms with Crippen molar-refractivity contribution in [3.05, 3.63) is 24.2 Å². The minimum atomic E-state index is 0.276. The molecular weight excluding hydrogens is 314 g/mol. The first kappa shape index (κ1) is 18.3. The molecule has 1 aromatic rings. The van der Waals surface area contributed by atoms with E-state index < -0.39 is 0 Å². The van der Waals surface area contributed by atoms with Gasteiger partial charge in [0.1, 0.15) is 5.76 Å². The predicted octanol–water partition coefficient (Wildman–Crippen LogP) is 2.07. The molecule has 6 heteroatoms. The first-order valence-corrected chi connectivity index (χ1v) is 9.81. The zero-order valence-electron chi connectivity index (χ0n) is 15.5. The number of aliphatic imine (C=N–C) groups is 1. The molecule has 1 unspecified atom stereocenters. The molecule has 0 saturated carbocycles. The van der Waals surface area contributed by atoms with E-state index in [-0.39, 0.29) is 6.04 Å². The second-order valence-corrected chi connectivity index (χ2v) is 7.06. The molecule has 2 aliphatic rings. The highest BCUT2D eigenvalue weighted by Crippen LogP contribution is 2.24. The van der Waals surface area contributed by atoms with E-state index in [2.05, 4.69) is 31.5 Å². The van der Waals surface area contributed by atoms with Crippen LogP contribution in [0.4, 0.5) is 0 Å². The van der Waals surface area contributed by atoms with E-state index >= 15 is 0 Å². The number of hydrogen-bond donors (Lipinski definition) is 2. The molecule has 0 aliphatic carbocycles. The van der Waals surface area contributed by atoms with Gasteiger partial charge in [-0.1, -0.05) is 6.42 Å². The van der Waals surface area contributed by atoms with Crippen molar-refractivity contribution in [3.63, 3.8) is 0 Å². The van der Waals surface area contributed by atoms with E-state index in [0.29, 0.717) is 0 Å². The average Bonchev–Trinajstić information content (AvgIpc) is 3.36. The highest BCUT2D eigenvalue weighted by atomic mass is 16.3. The molecule has 0 radical (unpaired) electrons. The van der Waals surface area contributed by atoms with Gasteiger partial charge in [-0.3, -0.25) is 9.89 Å². The highest BCUT2D eigenvalue weighted by molar-refractivity contribution is 5.79. The zero-order chi connectivity index (χ0) is 17.3. The molecule has 3 rings (SSSR count). The summed E-state index contributed by atoms with van der Waals surface area (Å²) < 4.78 is 5.69. The number of nitrogens with one attached hydrogen (secondary N) is 2. The Morgan fingerprint density at radius 3 is 2.56 bits per heavy atom. The highest BCUT2D eigenvalue weighted by Gasteiger charge is 2.25. The van der Waals surface area contributed by atoms with Crippen LogP contribution >= 0.6 is 0 Å². The van der Waals surface area contributed by atoms with E-state index in [1.54, 1.807) is 6.26 Å². The van der Waals surface area contributed by atoms with Gasteiger partial charge in [0.15, 0.2) is 5.96 Å². The summed E-state index contributed by atoms with van der Waals surface area (Å²) >= 11 is 0. The van der Waals surface area contributed by atoms with Crippen LogP contribution in [0.5, 0.6) is 0 Å². The van der Waals surface area contributed by atoms with E-state index in [1.807, 2.05) is 13.1 Å². The van der Waals surface area contributed by atoms with Crippen LogP contribution in [0.2, 0.25) is 0 Å². The van der Waals surface area contributed by atoms with Gasteiger partial charge in [0.25, 0.3) is 0 Å². The summed E-state index contributed by atoms with van der Waals surface area (Å²) in [6.07, 6.45) is 8.39. The average molecular weight is 348 g/mol. The third kappa shape index (κ3) is 5.47. The van der Waals surface area contributed by atoms with E-state index in [0.717, 1.165) is 44.4 Å². The lowest BCUT2D eigenvalue weighted by molar-refractivity contribution is 0.215. The Labute approximate surface area is 151 Å². The lowest BCUT2D eigenvalue weighted by Gasteiger charge is -2.28. The second kappa shape index (κ2) is 9.82. The van der Waals surface area contributed by atoms with E-state index in [1.165, 1.54) is 45.2 Å². The Morgan fingerprint density at radius 2 is 1.88 bits per heavy atom. The van der Waals surface area contributed by atoms with E-state index in [4.69, 9.17) is 4.42 Å². The maximum Gasteiger partial charge on any atom is 0.191 e. The molecule has 0 spiro atoms. The Morgan fingerprint density at radius 1 is 1.12 bits per heavy atom. The van der Waals surface area contributed by atoms with Crippen molar-refractivity contribution in [2.75, 3.05) is 52.9 Å². The standard InChI is InChI=1S/C19H33N5O/c1-20-19(21-9-14-23-10-3-2-4-11-23)22-16-17(18-8-7-15-25-18)24-12-5-6-13-24/h7-8,15,17H,2-6,9-14,16H2,1H3,(H2,20,21,22). The van der Waals surface area contributed by atoms with Crippen LogP contribution in [-0.2, 0) is 0 Å². The molecule has 0 aromatic carbocycles. The topological polar surface area (TPSA) is 56.0 Å². The van der Waals surface area contributed by atoms with Gasteiger partial charge in [0.05, 0.1) is 12.3 Å². The summed E-state index contributed by atoms with van der Waals surface area (Å²) in [4.78, 5) is 9.43. The SMILES string of the molecule is CN=C(NCCN1CCCCC1)NCC(c1ccco1)N1CCCC1. The molecular formula is C19H33N5O. The summed E-state index contributed by atoms with van der Waals surface area (Å²) in [6.45, 7) is 7.62. The Hall–Kier alpha value is -1.53. The molecule has 6 nitrogen and oxygen atoms in total. The smallest absolute Gasteiger partial charge is 0.191 e. The Bertz CT molecular complexity index is 504. The van der Waals surface area contributed by atoms with Crippen molar-refractivity contribution < 1.29 is 4.42 Å². The van der Waals surface area contributed by atoms with Crippen LogP contribution in [0, 0.1) is 0 Å². The number of nitrogens with zero attached hydrogens (tertiary/aromatic N) is 3. The monoisotopic (exact) mass is 347 g/mol. The minimum Gasteiger partial charge on any atom is -0.468 e. The fraction of sp³-hybridized carbons (Fsp3) is 0.737. The molecule has 1 atom stereocenters. The first-order chi connectivity index (χ1) is 12.4. The summed E-state index contributed by atoms with van der Waals surface area (Å²) in [6, 6.07) is 4.33. The van der Waals surface area contributed by atoms with Gasteiger partial charge in [-0.25, -0.2) is 0 Å². The number of hydrogen-bond acceptors (Lipinski definition) is 4. The molecule has 2 aliphatic heterocycles. The lowest BCUT2D eigenvalue weighted by Crippen LogP contribution is -2.45.